The van der Waals surface area contributed by atoms with Gasteiger partial charge in [0.05, 0.1) is 18.9 Å². The summed E-state index contributed by atoms with van der Waals surface area (Å²) < 4.78 is 113. The molecule has 3 aromatic rings. The number of nitrogens with one attached hydrogen (secondary N) is 1. The van der Waals surface area contributed by atoms with Crippen LogP contribution in [-0.4, -0.2) is 44.8 Å². The van der Waals surface area contributed by atoms with E-state index in [1.54, 1.807) is 0 Å². The molecule has 1 aliphatic carbocycles. The molecule has 0 unspecified atom stereocenters. The Morgan fingerprint density at radius 2 is 1.83 bits per heavy atom. The average molecular weight is 529 g/mol. The van der Waals surface area contributed by atoms with E-state index in [0.717, 1.165) is 43.6 Å². The minimum atomic E-state index is -6.31. The largest absolute Gasteiger partial charge is 0.487 e. The van der Waals surface area contributed by atoms with Gasteiger partial charge in [-0.25, -0.2) is 9.36 Å². The second kappa shape index (κ2) is 8.20. The van der Waals surface area contributed by atoms with Gasteiger partial charge in [-0.15, -0.1) is 0 Å². The number of hydrogen-bond donors (Lipinski definition) is 1. The van der Waals surface area contributed by atoms with E-state index in [1.807, 2.05) is 0 Å². The van der Waals surface area contributed by atoms with Crippen molar-refractivity contribution < 1.29 is 44.7 Å². The molecular weight excluding hydrogens is 514 g/mol. The van der Waals surface area contributed by atoms with Crippen LogP contribution in [0, 0.1) is 0 Å². The summed E-state index contributed by atoms with van der Waals surface area (Å²) in [6.07, 6.45) is -8.18. The van der Waals surface area contributed by atoms with Gasteiger partial charge in [0.25, 0.3) is 5.91 Å². The van der Waals surface area contributed by atoms with Crippen LogP contribution in [0.4, 0.5) is 35.1 Å². The van der Waals surface area contributed by atoms with E-state index in [-0.39, 0.29) is 26.9 Å². The van der Waals surface area contributed by atoms with E-state index >= 15 is 0 Å². The third-order valence-electron chi connectivity index (χ3n) is 5.08. The highest BCUT2D eigenvalue weighted by Gasteiger charge is 2.64. The maximum Gasteiger partial charge on any atom is 0.459 e. The monoisotopic (exact) mass is 529 g/mol. The number of carbonyl (C=O) groups excluding carboxylic acids is 1. The second-order valence-corrected chi connectivity index (χ2v) is 8.69. The summed E-state index contributed by atoms with van der Waals surface area (Å²) in [7, 11) is 2.11. The SMILES string of the molecule is COc1sc(-c2cnn(-c3c(C(F)(F)F)c(C(F)(F)C(F)(F)F)nn3C)c2)cc1C(=O)NC1CC1. The first kappa shape index (κ1) is 24.9. The number of ether oxygens (including phenoxy) is 1. The molecule has 16 heteroatoms. The van der Waals surface area contributed by atoms with Crippen molar-refractivity contribution in [2.24, 2.45) is 7.05 Å². The summed E-state index contributed by atoms with van der Waals surface area (Å²) in [5, 5.41) is 9.56. The lowest BCUT2D eigenvalue weighted by atomic mass is 10.1. The first-order valence-corrected chi connectivity index (χ1v) is 10.6. The zero-order valence-electron chi connectivity index (χ0n) is 17.8. The van der Waals surface area contributed by atoms with Crippen LogP contribution in [0.25, 0.3) is 16.3 Å². The quantitative estimate of drug-likeness (QED) is 0.461. The van der Waals surface area contributed by atoms with Gasteiger partial charge in [0.1, 0.15) is 5.56 Å². The van der Waals surface area contributed by atoms with Crippen LogP contribution in [0.2, 0.25) is 0 Å². The molecule has 7 nitrogen and oxygen atoms in total. The van der Waals surface area contributed by atoms with Gasteiger partial charge < -0.3 is 10.1 Å². The molecule has 1 fully saturated rings. The fraction of sp³-hybridized carbons (Fsp3) is 0.421. The Balaban J connectivity index is 1.78. The molecule has 1 aliphatic rings. The van der Waals surface area contributed by atoms with Crippen molar-refractivity contribution in [2.45, 2.75) is 37.2 Å². The van der Waals surface area contributed by atoms with Crippen molar-refractivity contribution in [1.29, 1.82) is 0 Å². The maximum atomic E-state index is 13.9. The highest BCUT2D eigenvalue weighted by molar-refractivity contribution is 7.17. The second-order valence-electron chi connectivity index (χ2n) is 7.68. The molecule has 0 spiro atoms. The number of halogens is 8. The number of alkyl halides is 8. The Morgan fingerprint density at radius 3 is 2.37 bits per heavy atom. The van der Waals surface area contributed by atoms with Crippen molar-refractivity contribution in [3.63, 3.8) is 0 Å². The van der Waals surface area contributed by atoms with Crippen LogP contribution in [-0.2, 0) is 19.1 Å². The van der Waals surface area contributed by atoms with Crippen molar-refractivity contribution in [1.82, 2.24) is 24.9 Å². The van der Waals surface area contributed by atoms with Crippen LogP contribution in [0.3, 0.4) is 0 Å². The Labute approximate surface area is 195 Å². The maximum absolute atomic E-state index is 13.9. The predicted molar refractivity (Wildman–Crippen MR) is 106 cm³/mol. The molecule has 0 bridgehead atoms. The Hall–Kier alpha value is -3.17. The summed E-state index contributed by atoms with van der Waals surface area (Å²) in [5.41, 5.74) is -4.41. The molecule has 0 radical (unpaired) electrons. The molecule has 1 N–H and O–H groups in total. The molecule has 0 atom stereocenters. The molecule has 1 amide bonds. The van der Waals surface area contributed by atoms with Gasteiger partial charge >= 0.3 is 18.3 Å². The van der Waals surface area contributed by atoms with E-state index in [1.165, 1.54) is 13.2 Å². The van der Waals surface area contributed by atoms with Gasteiger partial charge in [0.15, 0.2) is 16.6 Å². The van der Waals surface area contributed by atoms with Crippen LogP contribution >= 0.6 is 11.3 Å². The van der Waals surface area contributed by atoms with Gasteiger partial charge in [-0.3, -0.25) is 4.79 Å². The summed E-state index contributed by atoms with van der Waals surface area (Å²) in [5.74, 6) is -7.42. The number of hydrogen-bond acceptors (Lipinski definition) is 5. The normalized spacial score (nSPS) is 14.9. The van der Waals surface area contributed by atoms with Gasteiger partial charge in [-0.05, 0) is 18.9 Å². The Kier molecular flexibility index (Phi) is 5.84. The predicted octanol–water partition coefficient (Wildman–Crippen LogP) is 4.91. The minimum Gasteiger partial charge on any atom is -0.487 e. The summed E-state index contributed by atoms with van der Waals surface area (Å²) in [6.45, 7) is 0. The number of nitrogens with zero attached hydrogens (tertiary/aromatic N) is 4. The topological polar surface area (TPSA) is 74.0 Å². The Morgan fingerprint density at radius 1 is 1.17 bits per heavy atom. The molecule has 3 heterocycles. The Bertz CT molecular complexity index is 1270. The third-order valence-corrected chi connectivity index (χ3v) is 6.22. The van der Waals surface area contributed by atoms with Crippen molar-refractivity contribution >= 4 is 17.2 Å². The molecule has 3 aromatic heterocycles. The highest BCUT2D eigenvalue weighted by atomic mass is 32.1. The molecule has 0 saturated heterocycles. The van der Waals surface area contributed by atoms with Crippen LogP contribution in [0.5, 0.6) is 5.06 Å². The first-order chi connectivity index (χ1) is 16.1. The van der Waals surface area contributed by atoms with Crippen LogP contribution < -0.4 is 10.1 Å². The molecular formula is C19H15F8N5O2S. The van der Waals surface area contributed by atoms with E-state index in [4.69, 9.17) is 4.74 Å². The number of aromatic nitrogens is 4. The number of aryl methyl sites for hydroxylation is 1. The third kappa shape index (κ3) is 4.46. The van der Waals surface area contributed by atoms with Gasteiger partial charge in [0.2, 0.25) is 0 Å². The summed E-state index contributed by atoms with van der Waals surface area (Å²) in [6, 6.07) is 1.47. The molecule has 0 aromatic carbocycles. The molecule has 1 saturated carbocycles. The zero-order valence-corrected chi connectivity index (χ0v) is 18.6. The van der Waals surface area contributed by atoms with E-state index in [0.29, 0.717) is 9.56 Å². The lowest BCUT2D eigenvalue weighted by Gasteiger charge is -2.19. The highest BCUT2D eigenvalue weighted by Crippen LogP contribution is 2.49. The molecule has 190 valence electrons. The number of methoxy groups -OCH3 is 1. The standard InChI is InChI=1S/C19H15F8N5O2S/c1-31-15(12(18(22,23)24)13(30-31)17(20,21)19(25,26)27)32-7-8(6-28-32)11-5-10(16(34-2)35-11)14(33)29-9-3-4-9/h5-7,9H,3-4H2,1-2H3,(H,29,33). The molecule has 0 aliphatic heterocycles. The number of amides is 1. The van der Waals surface area contributed by atoms with Crippen LogP contribution in [0.1, 0.15) is 34.5 Å². The molecule has 35 heavy (non-hydrogen) atoms. The summed E-state index contributed by atoms with van der Waals surface area (Å²) >= 11 is 0.974. The zero-order chi connectivity index (χ0) is 25.9. The van der Waals surface area contributed by atoms with Gasteiger partial charge in [0, 0.05) is 29.7 Å². The number of carbonyl (C=O) groups is 1. The fourth-order valence-corrected chi connectivity index (χ4v) is 4.22. The van der Waals surface area contributed by atoms with Crippen LogP contribution in [0.15, 0.2) is 18.5 Å². The van der Waals surface area contributed by atoms with E-state index < -0.39 is 41.3 Å². The van der Waals surface area contributed by atoms with Crippen molar-refractivity contribution in [3.8, 4) is 21.3 Å². The molecule has 4 rings (SSSR count). The lowest BCUT2D eigenvalue weighted by molar-refractivity contribution is -0.292. The van der Waals surface area contributed by atoms with Gasteiger partial charge in [-0.1, -0.05) is 11.3 Å². The average Bonchev–Trinajstić information content (AvgIpc) is 3.15. The lowest BCUT2D eigenvalue weighted by Crippen LogP contribution is -2.36. The van der Waals surface area contributed by atoms with Crippen molar-refractivity contribution in [2.75, 3.05) is 7.11 Å². The number of thiophene rings is 1. The van der Waals surface area contributed by atoms with Crippen molar-refractivity contribution in [3.05, 3.63) is 35.3 Å². The van der Waals surface area contributed by atoms with E-state index in [2.05, 4.69) is 15.5 Å². The first-order valence-electron chi connectivity index (χ1n) is 9.78. The summed E-state index contributed by atoms with van der Waals surface area (Å²) in [4.78, 5) is 12.8. The number of rotatable bonds is 6. The van der Waals surface area contributed by atoms with Gasteiger partial charge in [-0.2, -0.15) is 45.3 Å². The fourth-order valence-electron chi connectivity index (χ4n) is 3.28. The minimum absolute atomic E-state index is 0.0490. The smallest absolute Gasteiger partial charge is 0.459 e. The van der Waals surface area contributed by atoms with E-state index in [9.17, 15) is 39.9 Å².